The number of carbonyl (C=O) groups is 1. The number of aromatic nitrogens is 2. The maximum atomic E-state index is 12.8. The first-order valence-electron chi connectivity index (χ1n) is 10.0. The zero-order chi connectivity index (χ0) is 18.5. The number of hydrogen-bond acceptors (Lipinski definition) is 4. The lowest BCUT2D eigenvalue weighted by atomic mass is 9.73. The van der Waals surface area contributed by atoms with E-state index in [1.807, 2.05) is 0 Å². The Kier molecular flexibility index (Phi) is 5.48. The molecule has 0 aliphatic carbocycles. The maximum Gasteiger partial charge on any atom is 0.228 e. The van der Waals surface area contributed by atoms with Crippen molar-refractivity contribution in [3.05, 3.63) is 60.2 Å². The summed E-state index contributed by atoms with van der Waals surface area (Å²) in [6.07, 6.45) is 10.1. The van der Waals surface area contributed by atoms with Crippen LogP contribution in [0.3, 0.4) is 0 Å². The summed E-state index contributed by atoms with van der Waals surface area (Å²) >= 11 is 0. The Labute approximate surface area is 161 Å². The van der Waals surface area contributed by atoms with Crippen LogP contribution in [0.2, 0.25) is 0 Å². The highest BCUT2D eigenvalue weighted by molar-refractivity contribution is 5.78. The average Bonchev–Trinajstić information content (AvgIpc) is 2.70. The molecular weight excluding hydrogens is 336 g/mol. The number of likely N-dealkylation sites (tertiary alicyclic amines) is 2. The van der Waals surface area contributed by atoms with E-state index in [1.54, 1.807) is 18.6 Å². The van der Waals surface area contributed by atoms with Crippen molar-refractivity contribution in [2.24, 2.45) is 5.41 Å². The lowest BCUT2D eigenvalue weighted by Gasteiger charge is -2.48. The maximum absolute atomic E-state index is 12.8. The largest absolute Gasteiger partial charge is 0.342 e. The second kappa shape index (κ2) is 8.17. The summed E-state index contributed by atoms with van der Waals surface area (Å²) in [5.74, 6) is 0.190. The molecule has 142 valence electrons. The summed E-state index contributed by atoms with van der Waals surface area (Å²) in [6, 6.07) is 10.7. The van der Waals surface area contributed by atoms with Gasteiger partial charge in [-0.15, -0.1) is 0 Å². The van der Waals surface area contributed by atoms with Gasteiger partial charge in [-0.1, -0.05) is 30.3 Å². The van der Waals surface area contributed by atoms with E-state index in [9.17, 15) is 4.79 Å². The molecule has 0 saturated carbocycles. The molecule has 2 fully saturated rings. The molecule has 4 rings (SSSR count). The molecule has 2 aromatic rings. The molecule has 1 aromatic carbocycles. The van der Waals surface area contributed by atoms with Crippen molar-refractivity contribution in [2.75, 3.05) is 26.2 Å². The highest BCUT2D eigenvalue weighted by Crippen LogP contribution is 2.39. The third kappa shape index (κ3) is 4.53. The molecule has 1 amide bonds. The molecule has 1 aromatic heterocycles. The number of carbonyl (C=O) groups excluding carboxylic acids is 1. The van der Waals surface area contributed by atoms with Crippen LogP contribution in [-0.4, -0.2) is 51.9 Å². The molecule has 2 saturated heterocycles. The zero-order valence-electron chi connectivity index (χ0n) is 15.9. The van der Waals surface area contributed by atoms with Crippen molar-refractivity contribution in [1.82, 2.24) is 19.8 Å². The second-order valence-electron chi connectivity index (χ2n) is 8.09. The van der Waals surface area contributed by atoms with Crippen LogP contribution in [0.4, 0.5) is 0 Å². The van der Waals surface area contributed by atoms with E-state index in [-0.39, 0.29) is 11.3 Å². The summed E-state index contributed by atoms with van der Waals surface area (Å²) < 4.78 is 0. The number of piperidine rings is 2. The van der Waals surface area contributed by atoms with Gasteiger partial charge in [0.1, 0.15) is 0 Å². The van der Waals surface area contributed by atoms with E-state index in [4.69, 9.17) is 0 Å². The van der Waals surface area contributed by atoms with E-state index >= 15 is 0 Å². The van der Waals surface area contributed by atoms with Gasteiger partial charge in [-0.05, 0) is 37.8 Å². The Morgan fingerprint density at radius 1 is 1.04 bits per heavy atom. The molecular formula is C22H28N4O. The molecule has 0 bridgehead atoms. The quantitative estimate of drug-likeness (QED) is 0.837. The van der Waals surface area contributed by atoms with Crippen molar-refractivity contribution in [3.8, 4) is 0 Å². The lowest BCUT2D eigenvalue weighted by molar-refractivity contribution is -0.135. The molecule has 1 atom stereocenters. The van der Waals surface area contributed by atoms with Gasteiger partial charge in [0.2, 0.25) is 5.91 Å². The van der Waals surface area contributed by atoms with Gasteiger partial charge >= 0.3 is 0 Å². The van der Waals surface area contributed by atoms with Gasteiger partial charge in [-0.2, -0.15) is 0 Å². The van der Waals surface area contributed by atoms with Gasteiger partial charge in [-0.25, -0.2) is 0 Å². The molecule has 1 spiro atoms. The first-order chi connectivity index (χ1) is 13.2. The molecule has 2 aliphatic heterocycles. The fourth-order valence-electron chi connectivity index (χ4n) is 4.73. The molecule has 5 heteroatoms. The number of nitrogens with zero attached hydrogens (tertiary/aromatic N) is 4. The van der Waals surface area contributed by atoms with Crippen LogP contribution in [0, 0.1) is 5.41 Å². The van der Waals surface area contributed by atoms with Gasteiger partial charge < -0.3 is 4.90 Å². The standard InChI is InChI=1S/C22H28N4O/c27-21(14-20-15-23-10-11-24-20)26-13-5-9-22(18-26)8-4-12-25(17-22)16-19-6-2-1-3-7-19/h1-3,6-7,10-11,15H,4-5,8-9,12-14,16-18H2/t22-/m1/s1. The van der Waals surface area contributed by atoms with Crippen LogP contribution in [0.25, 0.3) is 0 Å². The van der Waals surface area contributed by atoms with E-state index in [1.165, 1.54) is 24.8 Å². The monoisotopic (exact) mass is 364 g/mol. The Morgan fingerprint density at radius 2 is 1.85 bits per heavy atom. The first kappa shape index (κ1) is 18.1. The number of benzene rings is 1. The number of hydrogen-bond donors (Lipinski definition) is 0. The number of rotatable bonds is 4. The molecule has 2 aliphatic rings. The van der Waals surface area contributed by atoms with Crippen LogP contribution in [-0.2, 0) is 17.8 Å². The average molecular weight is 364 g/mol. The second-order valence-corrected chi connectivity index (χ2v) is 8.09. The minimum Gasteiger partial charge on any atom is -0.342 e. The van der Waals surface area contributed by atoms with E-state index in [0.717, 1.165) is 44.8 Å². The van der Waals surface area contributed by atoms with Gasteiger partial charge in [0.05, 0.1) is 12.1 Å². The Morgan fingerprint density at radius 3 is 2.63 bits per heavy atom. The summed E-state index contributed by atoms with van der Waals surface area (Å²) in [6.45, 7) is 5.02. The SMILES string of the molecule is O=C(Cc1cnccn1)N1CCC[C@@]2(CCCN(Cc3ccccc3)C2)C1. The topological polar surface area (TPSA) is 49.3 Å². The fourth-order valence-corrected chi connectivity index (χ4v) is 4.73. The molecule has 3 heterocycles. The van der Waals surface area contributed by atoms with E-state index < -0.39 is 0 Å². The third-order valence-corrected chi connectivity index (χ3v) is 5.95. The van der Waals surface area contributed by atoms with Crippen LogP contribution in [0.1, 0.15) is 36.9 Å². The summed E-state index contributed by atoms with van der Waals surface area (Å²) in [5.41, 5.74) is 2.39. The Balaban J connectivity index is 1.39. The Bertz CT molecular complexity index is 747. The molecule has 0 unspecified atom stereocenters. The molecule has 5 nitrogen and oxygen atoms in total. The highest BCUT2D eigenvalue weighted by atomic mass is 16.2. The molecule has 0 N–H and O–H groups in total. The van der Waals surface area contributed by atoms with Gasteiger partial charge in [0.25, 0.3) is 0 Å². The van der Waals surface area contributed by atoms with Crippen molar-refractivity contribution in [1.29, 1.82) is 0 Å². The summed E-state index contributed by atoms with van der Waals surface area (Å²) in [7, 11) is 0. The van der Waals surface area contributed by atoms with Crippen molar-refractivity contribution in [3.63, 3.8) is 0 Å². The van der Waals surface area contributed by atoms with Gasteiger partial charge in [0, 0.05) is 50.2 Å². The first-order valence-corrected chi connectivity index (χ1v) is 10.0. The van der Waals surface area contributed by atoms with Crippen molar-refractivity contribution >= 4 is 5.91 Å². The predicted octanol–water partition coefficient (Wildman–Crippen LogP) is 2.92. The van der Waals surface area contributed by atoms with E-state index in [0.29, 0.717) is 6.42 Å². The fraction of sp³-hybridized carbons (Fsp3) is 0.500. The van der Waals surface area contributed by atoms with Crippen molar-refractivity contribution in [2.45, 2.75) is 38.6 Å². The van der Waals surface area contributed by atoms with Crippen LogP contribution < -0.4 is 0 Å². The number of amides is 1. The van der Waals surface area contributed by atoms with Crippen LogP contribution in [0.15, 0.2) is 48.9 Å². The summed E-state index contributed by atoms with van der Waals surface area (Å²) in [5, 5.41) is 0. The normalized spacial score (nSPS) is 23.5. The lowest BCUT2D eigenvalue weighted by Crippen LogP contribution is -2.53. The van der Waals surface area contributed by atoms with E-state index in [2.05, 4.69) is 50.1 Å². The smallest absolute Gasteiger partial charge is 0.228 e. The summed E-state index contributed by atoms with van der Waals surface area (Å²) in [4.78, 5) is 25.8. The third-order valence-electron chi connectivity index (χ3n) is 5.95. The minimum atomic E-state index is 0.190. The molecule has 0 radical (unpaired) electrons. The van der Waals surface area contributed by atoms with Crippen LogP contribution >= 0.6 is 0 Å². The van der Waals surface area contributed by atoms with Crippen LogP contribution in [0.5, 0.6) is 0 Å². The highest BCUT2D eigenvalue weighted by Gasteiger charge is 2.40. The minimum absolute atomic E-state index is 0.190. The predicted molar refractivity (Wildman–Crippen MR) is 105 cm³/mol. The van der Waals surface area contributed by atoms with Gasteiger partial charge in [-0.3, -0.25) is 19.7 Å². The van der Waals surface area contributed by atoms with Crippen molar-refractivity contribution < 1.29 is 4.79 Å². The van der Waals surface area contributed by atoms with Gasteiger partial charge in [0.15, 0.2) is 0 Å². The zero-order valence-corrected chi connectivity index (χ0v) is 15.9. The Hall–Kier alpha value is -2.27. The molecule has 27 heavy (non-hydrogen) atoms.